The zero-order valence-corrected chi connectivity index (χ0v) is 32.2. The van der Waals surface area contributed by atoms with E-state index in [9.17, 15) is 4.79 Å². The number of anilines is 3. The lowest BCUT2D eigenvalue weighted by Crippen LogP contribution is -2.24. The molecule has 1 aliphatic heterocycles. The standard InChI is InChI=1S/C36H45N7O4S2Si/c1-7-46-34(44)31-33(42-18-17-27(22-42)47-23-26-13-9-8-10-14-26)49-35(37-31)41(3)30-21-25(2)32(40-39-30)38-36-43(24-45-19-20-50(4,5)6)28-15-11-12-16-29(28)48-36/h8-16,21,27H,7,17-20,22-24H2,1-6H3/t27-/m0/s1. The molecule has 4 heterocycles. The summed E-state index contributed by atoms with van der Waals surface area (Å²) in [4.78, 5) is 27.6. The highest BCUT2D eigenvalue weighted by Crippen LogP contribution is 2.38. The number of aryl methyl sites for hydroxylation is 1. The maximum Gasteiger partial charge on any atom is 0.360 e. The average molecular weight is 732 g/mol. The van der Waals surface area contributed by atoms with Crippen molar-refractivity contribution in [2.45, 2.75) is 65.4 Å². The Hall–Kier alpha value is -3.95. The summed E-state index contributed by atoms with van der Waals surface area (Å²) in [5.41, 5.74) is 3.39. The number of fused-ring (bicyclic) bond motifs is 1. The number of nitrogens with zero attached hydrogens (tertiary/aromatic N) is 7. The molecule has 0 spiro atoms. The Kier molecular flexibility index (Phi) is 11.4. The number of rotatable bonds is 14. The largest absolute Gasteiger partial charge is 0.461 e. The molecule has 2 aromatic carbocycles. The molecule has 11 nitrogen and oxygen atoms in total. The van der Waals surface area contributed by atoms with Crippen molar-refractivity contribution < 1.29 is 19.0 Å². The molecule has 1 fully saturated rings. The summed E-state index contributed by atoms with van der Waals surface area (Å²) in [5.74, 6) is 0.696. The van der Waals surface area contributed by atoms with E-state index in [4.69, 9.17) is 24.2 Å². The zero-order chi connectivity index (χ0) is 35.3. The van der Waals surface area contributed by atoms with Gasteiger partial charge in [0.05, 0.1) is 29.5 Å². The molecule has 5 aromatic rings. The Morgan fingerprint density at radius 2 is 1.86 bits per heavy atom. The van der Waals surface area contributed by atoms with E-state index >= 15 is 0 Å². The van der Waals surface area contributed by atoms with Gasteiger partial charge < -0.3 is 24.0 Å². The van der Waals surface area contributed by atoms with Crippen molar-refractivity contribution in [3.05, 3.63) is 82.3 Å². The molecule has 1 atom stereocenters. The van der Waals surface area contributed by atoms with Crippen LogP contribution in [0.25, 0.3) is 10.2 Å². The molecule has 0 amide bonds. The topological polar surface area (TPSA) is 107 Å². The van der Waals surface area contributed by atoms with Gasteiger partial charge in [-0.25, -0.2) is 9.78 Å². The molecule has 1 aliphatic rings. The van der Waals surface area contributed by atoms with Crippen LogP contribution in [0.3, 0.4) is 0 Å². The number of aromatic nitrogens is 4. The minimum atomic E-state index is -1.20. The van der Waals surface area contributed by atoms with Crippen molar-refractivity contribution >= 4 is 68.7 Å². The van der Waals surface area contributed by atoms with Crippen molar-refractivity contribution in [1.82, 2.24) is 19.7 Å². The maximum atomic E-state index is 13.1. The van der Waals surface area contributed by atoms with Crippen LogP contribution in [0.1, 0.15) is 35.0 Å². The van der Waals surface area contributed by atoms with Gasteiger partial charge in [-0.05, 0) is 55.6 Å². The molecule has 264 valence electrons. The summed E-state index contributed by atoms with van der Waals surface area (Å²) in [5, 5.41) is 10.5. The molecule has 0 N–H and O–H groups in total. The minimum absolute atomic E-state index is 0.0506. The lowest BCUT2D eigenvalue weighted by Gasteiger charge is -2.18. The minimum Gasteiger partial charge on any atom is -0.461 e. The molecular formula is C36H45N7O4S2Si. The van der Waals surface area contributed by atoms with Crippen LogP contribution in [0, 0.1) is 6.92 Å². The quantitative estimate of drug-likeness (QED) is 0.0651. The van der Waals surface area contributed by atoms with Gasteiger partial charge in [0.2, 0.25) is 0 Å². The number of carbonyl (C=O) groups excluding carboxylic acids is 1. The second-order valence-corrected chi connectivity index (χ2v) is 21.1. The molecule has 0 aliphatic carbocycles. The summed E-state index contributed by atoms with van der Waals surface area (Å²) >= 11 is 3.04. The van der Waals surface area contributed by atoms with E-state index in [0.29, 0.717) is 42.3 Å². The van der Waals surface area contributed by atoms with Crippen molar-refractivity contribution in [2.75, 3.05) is 43.2 Å². The molecule has 0 bridgehead atoms. The Labute approximate surface area is 302 Å². The predicted octanol–water partition coefficient (Wildman–Crippen LogP) is 7.54. The number of hydrogen-bond acceptors (Lipinski definition) is 12. The second kappa shape index (κ2) is 15.9. The van der Waals surface area contributed by atoms with Gasteiger partial charge in [-0.15, -0.1) is 10.2 Å². The Morgan fingerprint density at radius 1 is 1.08 bits per heavy atom. The number of benzene rings is 2. The summed E-state index contributed by atoms with van der Waals surface area (Å²) in [6, 6.07) is 21.5. The van der Waals surface area contributed by atoms with Gasteiger partial charge in [0, 0.05) is 34.8 Å². The third-order valence-electron chi connectivity index (χ3n) is 8.41. The van der Waals surface area contributed by atoms with Gasteiger partial charge in [-0.3, -0.25) is 4.57 Å². The third kappa shape index (κ3) is 8.67. The smallest absolute Gasteiger partial charge is 0.360 e. The molecule has 3 aromatic heterocycles. The van der Waals surface area contributed by atoms with Crippen molar-refractivity contribution in [1.29, 1.82) is 0 Å². The number of para-hydroxylation sites is 1. The number of hydrogen-bond donors (Lipinski definition) is 0. The first-order chi connectivity index (χ1) is 24.1. The van der Waals surface area contributed by atoms with Crippen LogP contribution >= 0.6 is 22.7 Å². The fourth-order valence-electron chi connectivity index (χ4n) is 5.52. The van der Waals surface area contributed by atoms with Crippen LogP contribution in [-0.2, 0) is 27.5 Å². The molecule has 50 heavy (non-hydrogen) atoms. The van der Waals surface area contributed by atoms with Crippen molar-refractivity contribution in [3.8, 4) is 0 Å². The Bertz CT molecular complexity index is 1990. The molecule has 0 saturated carbocycles. The molecular weight excluding hydrogens is 687 g/mol. The van der Waals surface area contributed by atoms with Gasteiger partial charge in [-0.2, -0.15) is 4.99 Å². The molecule has 0 unspecified atom stereocenters. The van der Waals surface area contributed by atoms with Gasteiger partial charge in [0.15, 0.2) is 27.3 Å². The third-order valence-corrected chi connectivity index (χ3v) is 12.4. The van der Waals surface area contributed by atoms with E-state index in [2.05, 4.69) is 63.6 Å². The summed E-state index contributed by atoms with van der Waals surface area (Å²) in [7, 11) is 0.679. The number of carbonyl (C=O) groups is 1. The zero-order valence-electron chi connectivity index (χ0n) is 29.6. The predicted molar refractivity (Wildman–Crippen MR) is 204 cm³/mol. The van der Waals surface area contributed by atoms with Gasteiger partial charge in [0.1, 0.15) is 11.7 Å². The van der Waals surface area contributed by atoms with E-state index in [1.165, 1.54) is 11.3 Å². The lowest BCUT2D eigenvalue weighted by molar-refractivity contribution is 0.0518. The van der Waals surface area contributed by atoms with E-state index in [1.54, 1.807) is 18.3 Å². The van der Waals surface area contributed by atoms with Gasteiger partial charge in [0.25, 0.3) is 0 Å². The number of thiazole rings is 2. The first kappa shape index (κ1) is 35.9. The Morgan fingerprint density at radius 3 is 2.62 bits per heavy atom. The SMILES string of the molecule is CCOC(=O)c1nc(N(C)c2cc(C)c(N=c3sc4ccccc4n3COCC[Si](C)(C)C)nn2)sc1N1CC[C@H](OCc2ccccc2)C1. The highest BCUT2D eigenvalue weighted by Gasteiger charge is 2.31. The molecule has 1 saturated heterocycles. The lowest BCUT2D eigenvalue weighted by atomic mass is 10.2. The fourth-order valence-corrected chi connectivity index (χ4v) is 8.36. The van der Waals surface area contributed by atoms with Crippen LogP contribution < -0.4 is 14.6 Å². The van der Waals surface area contributed by atoms with Crippen LogP contribution in [0.4, 0.5) is 21.8 Å². The van der Waals surface area contributed by atoms with E-state index < -0.39 is 14.0 Å². The van der Waals surface area contributed by atoms with E-state index in [0.717, 1.165) is 56.8 Å². The van der Waals surface area contributed by atoms with Crippen molar-refractivity contribution in [3.63, 3.8) is 0 Å². The average Bonchev–Trinajstić information content (AvgIpc) is 3.84. The van der Waals surface area contributed by atoms with Crippen LogP contribution in [0.15, 0.2) is 65.7 Å². The van der Waals surface area contributed by atoms with Gasteiger partial charge >= 0.3 is 5.97 Å². The van der Waals surface area contributed by atoms with Crippen LogP contribution in [-0.4, -0.2) is 73.2 Å². The summed E-state index contributed by atoms with van der Waals surface area (Å²) in [6.45, 7) is 14.2. The van der Waals surface area contributed by atoms with Gasteiger partial charge in [-0.1, -0.05) is 84.8 Å². The summed E-state index contributed by atoms with van der Waals surface area (Å²) < 4.78 is 21.0. The normalized spacial score (nSPS) is 15.3. The Balaban J connectivity index is 1.22. The number of ether oxygens (including phenoxy) is 3. The highest BCUT2D eigenvalue weighted by molar-refractivity contribution is 7.20. The van der Waals surface area contributed by atoms with Crippen molar-refractivity contribution in [2.24, 2.45) is 4.99 Å². The van der Waals surface area contributed by atoms with Crippen LogP contribution in [0.5, 0.6) is 0 Å². The fraction of sp³-hybridized carbons (Fsp3) is 0.417. The number of esters is 1. The summed E-state index contributed by atoms with van der Waals surface area (Å²) in [6.07, 6.45) is 0.910. The van der Waals surface area contributed by atoms with E-state index in [1.807, 2.05) is 55.3 Å². The van der Waals surface area contributed by atoms with E-state index in [-0.39, 0.29) is 12.7 Å². The second-order valence-electron chi connectivity index (χ2n) is 13.5. The molecule has 14 heteroatoms. The molecule has 6 rings (SSSR count). The first-order valence-corrected chi connectivity index (χ1v) is 22.3. The van der Waals surface area contributed by atoms with Crippen LogP contribution in [0.2, 0.25) is 25.7 Å². The highest BCUT2D eigenvalue weighted by atomic mass is 32.1. The maximum absolute atomic E-state index is 13.1. The molecule has 0 radical (unpaired) electrons. The monoisotopic (exact) mass is 731 g/mol. The first-order valence-electron chi connectivity index (χ1n) is 17.0.